The van der Waals surface area contributed by atoms with Crippen LogP contribution in [-0.2, 0) is 16.1 Å². The van der Waals surface area contributed by atoms with Crippen molar-refractivity contribution in [3.63, 3.8) is 0 Å². The Balaban J connectivity index is 2.39. The molecule has 2 rings (SSSR count). The van der Waals surface area contributed by atoms with Crippen LogP contribution in [0.15, 0.2) is 48.5 Å². The molecule has 2 unspecified atom stereocenters. The zero-order chi connectivity index (χ0) is 24.5. The Labute approximate surface area is 200 Å². The number of amides is 2. The molecule has 0 radical (unpaired) electrons. The molecule has 1 N–H and O–H groups in total. The highest BCUT2D eigenvalue weighted by atomic mass is 16.2. The first-order valence-corrected chi connectivity index (χ1v) is 12.1. The average molecular weight is 452 g/mol. The molecule has 5 nitrogen and oxygen atoms in total. The highest BCUT2D eigenvalue weighted by Crippen LogP contribution is 2.29. The van der Waals surface area contributed by atoms with Gasteiger partial charge in [-0.3, -0.25) is 9.59 Å². The summed E-state index contributed by atoms with van der Waals surface area (Å²) in [5, 5.41) is 3.02. The van der Waals surface area contributed by atoms with Crippen LogP contribution >= 0.6 is 0 Å². The lowest BCUT2D eigenvalue weighted by molar-refractivity contribution is -0.135. The monoisotopic (exact) mass is 451 g/mol. The van der Waals surface area contributed by atoms with Crippen molar-refractivity contribution in [2.24, 2.45) is 5.92 Å². The molecule has 2 aromatic rings. The Hall–Kier alpha value is -2.82. The molecule has 0 saturated heterocycles. The van der Waals surface area contributed by atoms with Crippen LogP contribution in [0.2, 0.25) is 0 Å². The zero-order valence-corrected chi connectivity index (χ0v) is 21.4. The van der Waals surface area contributed by atoms with Crippen molar-refractivity contribution in [2.45, 2.75) is 72.4 Å². The number of benzene rings is 2. The number of rotatable bonds is 11. The second-order valence-corrected chi connectivity index (χ2v) is 9.48. The van der Waals surface area contributed by atoms with Crippen molar-refractivity contribution in [1.29, 1.82) is 0 Å². The molecule has 180 valence electrons. The molecule has 33 heavy (non-hydrogen) atoms. The minimum Gasteiger partial charge on any atom is -0.377 e. The lowest BCUT2D eigenvalue weighted by Gasteiger charge is -2.33. The van der Waals surface area contributed by atoms with E-state index in [1.165, 1.54) is 0 Å². The van der Waals surface area contributed by atoms with Crippen LogP contribution < -0.4 is 10.2 Å². The number of hydrogen-bond donors (Lipinski definition) is 1. The Morgan fingerprint density at radius 3 is 2.15 bits per heavy atom. The second kappa shape index (κ2) is 12.4. The number of anilines is 2. The molecule has 0 heterocycles. The molecule has 0 aliphatic heterocycles. The second-order valence-electron chi connectivity index (χ2n) is 9.48. The van der Waals surface area contributed by atoms with Crippen LogP contribution in [0, 0.1) is 5.92 Å². The smallest absolute Gasteiger partial charge is 0.230 e. The van der Waals surface area contributed by atoms with E-state index in [0.717, 1.165) is 35.3 Å². The fraction of sp³-hybridized carbons (Fsp3) is 0.500. The summed E-state index contributed by atoms with van der Waals surface area (Å²) in [6, 6.07) is 16.1. The summed E-state index contributed by atoms with van der Waals surface area (Å²) in [5.41, 5.74) is 3.90. The molecule has 0 saturated carbocycles. The fourth-order valence-electron chi connectivity index (χ4n) is 4.10. The average Bonchev–Trinajstić information content (AvgIpc) is 2.77. The molecule has 0 fully saturated rings. The third-order valence-electron chi connectivity index (χ3n) is 6.09. The van der Waals surface area contributed by atoms with Gasteiger partial charge in [-0.2, -0.15) is 0 Å². The van der Waals surface area contributed by atoms with Gasteiger partial charge < -0.3 is 15.1 Å². The van der Waals surface area contributed by atoms with Crippen molar-refractivity contribution < 1.29 is 9.59 Å². The normalized spacial score (nSPS) is 12.8. The number of carbonyl (C=O) groups excluding carboxylic acids is 2. The highest BCUT2D eigenvalue weighted by molar-refractivity contribution is 5.91. The van der Waals surface area contributed by atoms with Crippen LogP contribution in [0.25, 0.3) is 0 Å². The first-order valence-electron chi connectivity index (χ1n) is 12.1. The fourth-order valence-corrected chi connectivity index (χ4v) is 4.10. The Bertz CT molecular complexity index is 909. The Morgan fingerprint density at radius 2 is 1.61 bits per heavy atom. The molecule has 5 heteroatoms. The van der Waals surface area contributed by atoms with Gasteiger partial charge in [-0.05, 0) is 55.0 Å². The lowest BCUT2D eigenvalue weighted by atomic mass is 9.94. The maximum Gasteiger partial charge on any atom is 0.230 e. The summed E-state index contributed by atoms with van der Waals surface area (Å²) in [6.45, 7) is 10.9. The van der Waals surface area contributed by atoms with Gasteiger partial charge in [0.2, 0.25) is 11.8 Å². The maximum atomic E-state index is 13.8. The van der Waals surface area contributed by atoms with Gasteiger partial charge in [0.05, 0.1) is 5.92 Å². The van der Waals surface area contributed by atoms with E-state index in [9.17, 15) is 9.59 Å². The molecular formula is C28H41N3O2. The maximum absolute atomic E-state index is 13.8. The molecular weight excluding hydrogens is 410 g/mol. The first-order chi connectivity index (χ1) is 15.7. The summed E-state index contributed by atoms with van der Waals surface area (Å²) in [7, 11) is 4.01. The minimum absolute atomic E-state index is 0.0125. The zero-order valence-electron chi connectivity index (χ0n) is 21.4. The van der Waals surface area contributed by atoms with E-state index in [-0.39, 0.29) is 23.8 Å². The van der Waals surface area contributed by atoms with E-state index in [0.29, 0.717) is 18.9 Å². The lowest BCUT2D eigenvalue weighted by Crippen LogP contribution is -2.41. The first kappa shape index (κ1) is 26.4. The van der Waals surface area contributed by atoms with Crippen LogP contribution in [0.1, 0.15) is 70.9 Å². The summed E-state index contributed by atoms with van der Waals surface area (Å²) in [4.78, 5) is 30.2. The van der Waals surface area contributed by atoms with Gasteiger partial charge in [0.15, 0.2) is 0 Å². The van der Waals surface area contributed by atoms with Crippen LogP contribution in [0.4, 0.5) is 11.4 Å². The summed E-state index contributed by atoms with van der Waals surface area (Å²) in [6.07, 6.45) is 2.11. The summed E-state index contributed by atoms with van der Waals surface area (Å²) < 4.78 is 0. The van der Waals surface area contributed by atoms with Crippen molar-refractivity contribution in [3.8, 4) is 0 Å². The predicted octanol–water partition coefficient (Wildman–Crippen LogP) is 6.06. The van der Waals surface area contributed by atoms with Gasteiger partial charge >= 0.3 is 0 Å². The van der Waals surface area contributed by atoms with Gasteiger partial charge in [-0.25, -0.2) is 0 Å². The largest absolute Gasteiger partial charge is 0.377 e. The van der Waals surface area contributed by atoms with E-state index < -0.39 is 0 Å². The molecule has 0 bridgehead atoms. The molecule has 2 atom stereocenters. The van der Waals surface area contributed by atoms with Gasteiger partial charge in [-0.15, -0.1) is 0 Å². The van der Waals surface area contributed by atoms with Crippen molar-refractivity contribution >= 4 is 23.2 Å². The van der Waals surface area contributed by atoms with Crippen molar-refractivity contribution in [1.82, 2.24) is 4.90 Å². The highest BCUT2D eigenvalue weighted by Gasteiger charge is 2.28. The van der Waals surface area contributed by atoms with E-state index >= 15 is 0 Å². The third-order valence-corrected chi connectivity index (χ3v) is 6.09. The van der Waals surface area contributed by atoms with Crippen molar-refractivity contribution in [3.05, 3.63) is 59.7 Å². The Kier molecular flexibility index (Phi) is 9.95. The minimum atomic E-state index is -0.170. The van der Waals surface area contributed by atoms with Crippen LogP contribution in [-0.4, -0.2) is 36.9 Å². The summed E-state index contributed by atoms with van der Waals surface area (Å²) >= 11 is 0. The standard InChI is InChI=1S/C28H41N3O2/c1-8-21(5)31(28(33)25(9-2)22-13-11-10-12-14-22)19-23-18-24(15-16-26(23)30(6)7)29-27(32)17-20(3)4/h10-16,18,20-21,25H,8-9,17,19H2,1-7H3,(H,29,32). The van der Waals surface area contributed by atoms with Gasteiger partial charge in [0.1, 0.15) is 0 Å². The van der Waals surface area contributed by atoms with Crippen LogP contribution in [0.3, 0.4) is 0 Å². The number of hydrogen-bond acceptors (Lipinski definition) is 3. The quantitative estimate of drug-likeness (QED) is 0.452. The van der Waals surface area contributed by atoms with E-state index in [1.54, 1.807) is 0 Å². The molecule has 2 aromatic carbocycles. The summed E-state index contributed by atoms with van der Waals surface area (Å²) in [5.74, 6) is 0.292. The van der Waals surface area contributed by atoms with Gasteiger partial charge in [0, 0.05) is 44.5 Å². The van der Waals surface area contributed by atoms with Gasteiger partial charge in [0.25, 0.3) is 0 Å². The van der Waals surface area contributed by atoms with E-state index in [2.05, 4.69) is 31.0 Å². The molecule has 0 aliphatic rings. The number of nitrogens with zero attached hydrogens (tertiary/aromatic N) is 2. The number of nitrogens with one attached hydrogen (secondary N) is 1. The van der Waals surface area contributed by atoms with E-state index in [4.69, 9.17) is 0 Å². The van der Waals surface area contributed by atoms with Crippen LogP contribution in [0.5, 0.6) is 0 Å². The van der Waals surface area contributed by atoms with E-state index in [1.807, 2.05) is 81.4 Å². The molecule has 2 amide bonds. The third kappa shape index (κ3) is 7.34. The predicted molar refractivity (Wildman–Crippen MR) is 139 cm³/mol. The SMILES string of the molecule is CCC(C(=O)N(Cc1cc(NC(=O)CC(C)C)ccc1N(C)C)C(C)CC)c1ccccc1. The molecule has 0 aliphatic carbocycles. The number of carbonyl (C=O) groups is 2. The Morgan fingerprint density at radius 1 is 0.939 bits per heavy atom. The molecule has 0 spiro atoms. The molecule has 0 aromatic heterocycles. The van der Waals surface area contributed by atoms with Gasteiger partial charge in [-0.1, -0.05) is 58.0 Å². The van der Waals surface area contributed by atoms with Crippen molar-refractivity contribution in [2.75, 3.05) is 24.3 Å². The topological polar surface area (TPSA) is 52.7 Å².